The minimum atomic E-state index is -3.56. The summed E-state index contributed by atoms with van der Waals surface area (Å²) in [6.45, 7) is 2.49. The molecule has 0 saturated carbocycles. The third kappa shape index (κ3) is 3.89. The maximum atomic E-state index is 12.8. The molecule has 3 N–H and O–H groups in total. The molecule has 1 saturated heterocycles. The summed E-state index contributed by atoms with van der Waals surface area (Å²) >= 11 is 1.43. The Labute approximate surface area is 180 Å². The molecule has 4 rings (SSSR count). The van der Waals surface area contributed by atoms with E-state index in [1.54, 1.807) is 24.3 Å². The third-order valence-electron chi connectivity index (χ3n) is 5.89. The van der Waals surface area contributed by atoms with Crippen LogP contribution >= 0.6 is 11.3 Å². The van der Waals surface area contributed by atoms with E-state index in [1.165, 1.54) is 15.6 Å². The number of anilines is 1. The molecule has 2 aromatic rings. The normalized spacial score (nSPS) is 17.6. The van der Waals surface area contributed by atoms with Crippen LogP contribution in [-0.2, 0) is 27.7 Å². The number of fused-ring (bicyclic) bond motifs is 1. The molecule has 1 aromatic heterocycles. The molecule has 9 heteroatoms. The zero-order chi connectivity index (χ0) is 21.5. The molecule has 1 aliphatic heterocycles. The summed E-state index contributed by atoms with van der Waals surface area (Å²) in [6, 6.07) is 6.79. The number of benzene rings is 1. The van der Waals surface area contributed by atoms with Crippen LogP contribution in [0.25, 0.3) is 0 Å². The molecule has 0 atom stereocenters. The average Bonchev–Trinajstić information content (AvgIpc) is 3.29. The third-order valence-corrected chi connectivity index (χ3v) is 9.01. The van der Waals surface area contributed by atoms with Crippen LogP contribution in [-0.4, -0.2) is 37.6 Å². The highest BCUT2D eigenvalue weighted by molar-refractivity contribution is 7.89. The number of nitrogens with zero attached hydrogens (tertiary/aromatic N) is 1. The molecule has 1 aromatic carbocycles. The van der Waals surface area contributed by atoms with Crippen LogP contribution < -0.4 is 11.1 Å². The van der Waals surface area contributed by atoms with Crippen molar-refractivity contribution in [1.82, 2.24) is 4.31 Å². The van der Waals surface area contributed by atoms with Crippen molar-refractivity contribution in [2.24, 2.45) is 11.7 Å². The zero-order valence-corrected chi connectivity index (χ0v) is 18.4. The molecule has 0 spiro atoms. The lowest BCUT2D eigenvalue weighted by Gasteiger charge is -2.30. The lowest BCUT2D eigenvalue weighted by Crippen LogP contribution is -2.41. The Balaban J connectivity index is 1.42. The molecule has 1 fully saturated rings. The van der Waals surface area contributed by atoms with Crippen LogP contribution in [0.4, 0.5) is 5.00 Å². The second-order valence-electron chi connectivity index (χ2n) is 7.91. The molecular weight excluding hydrogens is 422 g/mol. The van der Waals surface area contributed by atoms with Crippen molar-refractivity contribution in [3.8, 4) is 0 Å². The first kappa shape index (κ1) is 21.0. The number of carbonyl (C=O) groups excluding carboxylic acids is 2. The molecule has 160 valence electrons. The van der Waals surface area contributed by atoms with Gasteiger partial charge in [-0.2, -0.15) is 4.31 Å². The summed E-state index contributed by atoms with van der Waals surface area (Å²) in [5.41, 5.74) is 7.98. The molecule has 30 heavy (non-hydrogen) atoms. The SMILES string of the molecule is Cc1ccc(S(=O)(=O)N2CCC(C(=O)Nc3sc4c(c3C(N)=O)CCC4)CC2)cc1. The van der Waals surface area contributed by atoms with E-state index in [9.17, 15) is 18.0 Å². The van der Waals surface area contributed by atoms with Crippen LogP contribution in [0.2, 0.25) is 0 Å². The second kappa shape index (κ2) is 8.13. The Bertz CT molecular complexity index is 1080. The maximum Gasteiger partial charge on any atom is 0.251 e. The highest BCUT2D eigenvalue weighted by atomic mass is 32.2. The number of nitrogens with two attached hydrogens (primary N) is 1. The van der Waals surface area contributed by atoms with Crippen LogP contribution in [0, 0.1) is 12.8 Å². The molecule has 2 amide bonds. The number of piperidine rings is 1. The number of thiophene rings is 1. The number of hydrogen-bond acceptors (Lipinski definition) is 5. The van der Waals surface area contributed by atoms with Gasteiger partial charge in [-0.1, -0.05) is 17.7 Å². The fourth-order valence-electron chi connectivity index (χ4n) is 4.18. The van der Waals surface area contributed by atoms with Gasteiger partial charge in [-0.05, 0) is 56.7 Å². The predicted molar refractivity (Wildman–Crippen MR) is 116 cm³/mol. The van der Waals surface area contributed by atoms with Crippen LogP contribution in [0.3, 0.4) is 0 Å². The van der Waals surface area contributed by atoms with Gasteiger partial charge in [-0.3, -0.25) is 9.59 Å². The van der Waals surface area contributed by atoms with Gasteiger partial charge in [-0.15, -0.1) is 11.3 Å². The topological polar surface area (TPSA) is 110 Å². The highest BCUT2D eigenvalue weighted by Gasteiger charge is 2.33. The van der Waals surface area contributed by atoms with Gasteiger partial charge in [0, 0.05) is 23.9 Å². The number of rotatable bonds is 5. The van der Waals surface area contributed by atoms with E-state index in [-0.39, 0.29) is 29.8 Å². The lowest BCUT2D eigenvalue weighted by molar-refractivity contribution is -0.120. The molecule has 7 nitrogen and oxygen atoms in total. The summed E-state index contributed by atoms with van der Waals surface area (Å²) in [5, 5.41) is 3.43. The molecule has 2 heterocycles. The van der Waals surface area contributed by atoms with Crippen molar-refractivity contribution in [2.45, 2.75) is 43.9 Å². The minimum Gasteiger partial charge on any atom is -0.365 e. The Morgan fingerprint density at radius 2 is 1.80 bits per heavy atom. The van der Waals surface area contributed by atoms with Crippen molar-refractivity contribution in [1.29, 1.82) is 0 Å². The van der Waals surface area contributed by atoms with Gasteiger partial charge in [0.15, 0.2) is 0 Å². The Morgan fingerprint density at radius 3 is 2.43 bits per heavy atom. The van der Waals surface area contributed by atoms with E-state index in [1.807, 2.05) is 6.92 Å². The highest BCUT2D eigenvalue weighted by Crippen LogP contribution is 2.39. The standard InChI is InChI=1S/C21H25N3O4S2/c1-13-5-7-15(8-6-13)30(27,28)24-11-9-14(10-12-24)20(26)23-21-18(19(22)25)16-3-2-4-17(16)29-21/h5-8,14H,2-4,9-12H2,1H3,(H2,22,25)(H,23,26). The first-order chi connectivity index (χ1) is 14.3. The fourth-order valence-corrected chi connectivity index (χ4v) is 6.95. The first-order valence-corrected chi connectivity index (χ1v) is 12.3. The number of hydrogen-bond donors (Lipinski definition) is 2. The molecule has 2 aliphatic rings. The average molecular weight is 448 g/mol. The number of primary amides is 1. The maximum absolute atomic E-state index is 12.8. The van der Waals surface area contributed by atoms with Gasteiger partial charge in [0.1, 0.15) is 5.00 Å². The Kier molecular flexibility index (Phi) is 5.69. The lowest BCUT2D eigenvalue weighted by atomic mass is 9.97. The van der Waals surface area contributed by atoms with Crippen LogP contribution in [0.15, 0.2) is 29.2 Å². The number of aryl methyl sites for hydroxylation is 2. The Morgan fingerprint density at radius 1 is 1.13 bits per heavy atom. The summed E-state index contributed by atoms with van der Waals surface area (Å²) in [7, 11) is -3.56. The van der Waals surface area contributed by atoms with E-state index >= 15 is 0 Å². The van der Waals surface area contributed by atoms with E-state index in [2.05, 4.69) is 5.32 Å². The molecule has 0 radical (unpaired) electrons. The number of nitrogens with one attached hydrogen (secondary N) is 1. The Hall–Kier alpha value is -2.23. The largest absolute Gasteiger partial charge is 0.365 e. The van der Waals surface area contributed by atoms with Crippen molar-refractivity contribution in [3.63, 3.8) is 0 Å². The minimum absolute atomic E-state index is 0.176. The smallest absolute Gasteiger partial charge is 0.251 e. The number of carbonyl (C=O) groups is 2. The van der Waals surface area contributed by atoms with Crippen LogP contribution in [0.1, 0.15) is 45.6 Å². The summed E-state index contributed by atoms with van der Waals surface area (Å²) in [4.78, 5) is 26.1. The van der Waals surface area contributed by atoms with Crippen molar-refractivity contribution in [2.75, 3.05) is 18.4 Å². The molecule has 0 unspecified atom stereocenters. The van der Waals surface area contributed by atoms with E-state index in [0.717, 1.165) is 35.3 Å². The van der Waals surface area contributed by atoms with E-state index in [0.29, 0.717) is 23.4 Å². The molecular formula is C21H25N3O4S2. The fraction of sp³-hybridized carbons (Fsp3) is 0.429. The van der Waals surface area contributed by atoms with Crippen LogP contribution in [0.5, 0.6) is 0 Å². The van der Waals surface area contributed by atoms with Gasteiger partial charge in [0.05, 0.1) is 10.5 Å². The predicted octanol–water partition coefficient (Wildman–Crippen LogP) is 2.68. The monoisotopic (exact) mass is 447 g/mol. The second-order valence-corrected chi connectivity index (χ2v) is 10.9. The van der Waals surface area contributed by atoms with E-state index < -0.39 is 15.9 Å². The number of amides is 2. The molecule has 1 aliphatic carbocycles. The summed E-state index contributed by atoms with van der Waals surface area (Å²) in [6.07, 6.45) is 3.60. The van der Waals surface area contributed by atoms with Gasteiger partial charge >= 0.3 is 0 Å². The zero-order valence-electron chi connectivity index (χ0n) is 16.8. The molecule has 0 bridgehead atoms. The summed E-state index contributed by atoms with van der Waals surface area (Å²) in [5.74, 6) is -0.986. The van der Waals surface area contributed by atoms with Gasteiger partial charge in [0.2, 0.25) is 15.9 Å². The quantitative estimate of drug-likeness (QED) is 0.734. The van der Waals surface area contributed by atoms with Crippen molar-refractivity contribution < 1.29 is 18.0 Å². The van der Waals surface area contributed by atoms with Gasteiger partial charge < -0.3 is 11.1 Å². The van der Waals surface area contributed by atoms with E-state index in [4.69, 9.17) is 5.73 Å². The van der Waals surface area contributed by atoms with Gasteiger partial charge in [-0.25, -0.2) is 8.42 Å². The summed E-state index contributed by atoms with van der Waals surface area (Å²) < 4.78 is 27.1. The first-order valence-electron chi connectivity index (χ1n) is 10.1. The number of sulfonamides is 1. The van der Waals surface area contributed by atoms with Crippen molar-refractivity contribution >= 4 is 38.2 Å². The van der Waals surface area contributed by atoms with Crippen molar-refractivity contribution in [3.05, 3.63) is 45.8 Å². The van der Waals surface area contributed by atoms with Gasteiger partial charge in [0.25, 0.3) is 5.91 Å².